The molecule has 0 atom stereocenters. The summed E-state index contributed by atoms with van der Waals surface area (Å²) in [6.07, 6.45) is 2.08. The molecule has 1 fully saturated rings. The minimum Gasteiger partial charge on any atom is -0.328 e. The molecule has 3 heteroatoms. The van der Waals surface area contributed by atoms with E-state index in [4.69, 9.17) is 10.6 Å². The lowest BCUT2D eigenvalue weighted by Gasteiger charge is -2.34. The first-order chi connectivity index (χ1) is 4.97. The lowest BCUT2D eigenvalue weighted by atomic mass is 9.88. The Morgan fingerprint density at radius 1 is 1.36 bits per heavy atom. The Morgan fingerprint density at radius 3 is 2.27 bits per heavy atom. The molecule has 1 saturated carbocycles. The summed E-state index contributed by atoms with van der Waals surface area (Å²) in [5, 5.41) is 0. The van der Waals surface area contributed by atoms with Crippen molar-refractivity contribution in [3.8, 4) is 0 Å². The van der Waals surface area contributed by atoms with Crippen LogP contribution in [0.2, 0.25) is 0 Å². The molecular weight excluding hydrogens is 140 g/mol. The average Bonchev–Trinajstić information content (AvgIpc) is 1.75. The fourth-order valence-corrected chi connectivity index (χ4v) is 1.02. The van der Waals surface area contributed by atoms with Crippen molar-refractivity contribution < 1.29 is 4.84 Å². The quantitative estimate of drug-likeness (QED) is 0.584. The minimum absolute atomic E-state index is 0.0975. The van der Waals surface area contributed by atoms with Crippen molar-refractivity contribution >= 4 is 0 Å². The molecule has 11 heavy (non-hydrogen) atoms. The second-order valence-corrected chi connectivity index (χ2v) is 4.26. The van der Waals surface area contributed by atoms with Crippen molar-refractivity contribution in [3.05, 3.63) is 0 Å². The van der Waals surface area contributed by atoms with Crippen LogP contribution < -0.4 is 11.2 Å². The van der Waals surface area contributed by atoms with E-state index in [1.54, 1.807) is 0 Å². The fraction of sp³-hybridized carbons (Fsp3) is 1.00. The molecule has 0 bridgehead atoms. The van der Waals surface area contributed by atoms with Crippen molar-refractivity contribution in [1.29, 1.82) is 0 Å². The summed E-state index contributed by atoms with van der Waals surface area (Å²) in [6, 6.07) is 0.861. The van der Waals surface area contributed by atoms with E-state index in [0.29, 0.717) is 12.1 Å². The Hall–Kier alpha value is -0.120. The molecule has 0 saturated heterocycles. The van der Waals surface area contributed by atoms with Crippen molar-refractivity contribution in [2.24, 2.45) is 5.73 Å². The molecule has 3 N–H and O–H groups in total. The van der Waals surface area contributed by atoms with E-state index in [0.717, 1.165) is 12.8 Å². The van der Waals surface area contributed by atoms with Crippen LogP contribution >= 0.6 is 0 Å². The van der Waals surface area contributed by atoms with E-state index in [-0.39, 0.29) is 5.60 Å². The number of hydrogen-bond donors (Lipinski definition) is 2. The summed E-state index contributed by atoms with van der Waals surface area (Å²) in [6.45, 7) is 6.08. The molecule has 0 aliphatic heterocycles. The van der Waals surface area contributed by atoms with Gasteiger partial charge in [-0.15, -0.1) is 0 Å². The van der Waals surface area contributed by atoms with Crippen molar-refractivity contribution in [1.82, 2.24) is 5.48 Å². The minimum atomic E-state index is -0.0975. The van der Waals surface area contributed by atoms with Crippen LogP contribution in [0.1, 0.15) is 33.6 Å². The summed E-state index contributed by atoms with van der Waals surface area (Å²) in [5.41, 5.74) is 8.52. The average molecular weight is 158 g/mol. The van der Waals surface area contributed by atoms with Crippen LogP contribution in [0.25, 0.3) is 0 Å². The van der Waals surface area contributed by atoms with Gasteiger partial charge in [0.25, 0.3) is 0 Å². The van der Waals surface area contributed by atoms with Crippen molar-refractivity contribution in [3.63, 3.8) is 0 Å². The molecule has 1 aliphatic carbocycles. The third-order valence-corrected chi connectivity index (χ3v) is 1.71. The van der Waals surface area contributed by atoms with Gasteiger partial charge in [-0.05, 0) is 33.6 Å². The SMILES string of the molecule is CC(C)(C)ONC1CC(N)C1. The van der Waals surface area contributed by atoms with Crippen molar-refractivity contribution in [2.75, 3.05) is 0 Å². The first-order valence-electron chi connectivity index (χ1n) is 4.16. The third kappa shape index (κ3) is 3.18. The predicted octanol–water partition coefficient (Wildman–Crippen LogP) is 0.796. The van der Waals surface area contributed by atoms with Gasteiger partial charge < -0.3 is 5.73 Å². The van der Waals surface area contributed by atoms with E-state index in [9.17, 15) is 0 Å². The van der Waals surface area contributed by atoms with Gasteiger partial charge in [-0.2, -0.15) is 5.48 Å². The first-order valence-corrected chi connectivity index (χ1v) is 4.16. The van der Waals surface area contributed by atoms with Gasteiger partial charge in [-0.25, -0.2) is 0 Å². The smallest absolute Gasteiger partial charge is 0.0813 e. The Bertz CT molecular complexity index is 125. The van der Waals surface area contributed by atoms with E-state index in [2.05, 4.69) is 5.48 Å². The van der Waals surface area contributed by atoms with Crippen LogP contribution in [0.4, 0.5) is 0 Å². The molecule has 0 amide bonds. The summed E-state index contributed by atoms with van der Waals surface area (Å²) in [7, 11) is 0. The molecule has 3 nitrogen and oxygen atoms in total. The highest BCUT2D eigenvalue weighted by atomic mass is 16.7. The Balaban J connectivity index is 2.05. The van der Waals surface area contributed by atoms with Gasteiger partial charge in [-0.1, -0.05) is 0 Å². The highest BCUT2D eigenvalue weighted by molar-refractivity contribution is 4.85. The van der Waals surface area contributed by atoms with Gasteiger partial charge in [0.05, 0.1) is 5.60 Å². The van der Waals surface area contributed by atoms with Crippen LogP contribution in [0, 0.1) is 0 Å². The second kappa shape index (κ2) is 3.09. The highest BCUT2D eigenvalue weighted by Crippen LogP contribution is 2.18. The molecule has 1 rings (SSSR count). The fourth-order valence-electron chi connectivity index (χ4n) is 1.02. The summed E-state index contributed by atoms with van der Waals surface area (Å²) >= 11 is 0. The molecule has 0 radical (unpaired) electrons. The molecule has 0 aromatic rings. The topological polar surface area (TPSA) is 47.3 Å². The lowest BCUT2D eigenvalue weighted by molar-refractivity contribution is -0.101. The van der Waals surface area contributed by atoms with E-state index >= 15 is 0 Å². The normalized spacial score (nSPS) is 31.6. The standard InChI is InChI=1S/C8H18N2O/c1-8(2,3)11-10-7-4-6(9)5-7/h6-7,10H,4-5,9H2,1-3H3. The van der Waals surface area contributed by atoms with Crippen LogP contribution in [0.15, 0.2) is 0 Å². The Morgan fingerprint density at radius 2 is 1.91 bits per heavy atom. The molecule has 0 spiro atoms. The van der Waals surface area contributed by atoms with E-state index < -0.39 is 0 Å². The van der Waals surface area contributed by atoms with Crippen LogP contribution in [0.3, 0.4) is 0 Å². The maximum Gasteiger partial charge on any atom is 0.0813 e. The van der Waals surface area contributed by atoms with Crippen molar-refractivity contribution in [2.45, 2.75) is 51.3 Å². The number of hydroxylamine groups is 1. The summed E-state index contributed by atoms with van der Waals surface area (Å²) < 4.78 is 0. The maximum atomic E-state index is 5.61. The maximum absolute atomic E-state index is 5.61. The summed E-state index contributed by atoms with van der Waals surface area (Å²) in [5.74, 6) is 0. The monoisotopic (exact) mass is 158 g/mol. The van der Waals surface area contributed by atoms with Crippen LogP contribution in [0.5, 0.6) is 0 Å². The number of nitrogens with two attached hydrogens (primary N) is 1. The lowest BCUT2D eigenvalue weighted by Crippen LogP contribution is -2.50. The number of rotatable bonds is 2. The molecule has 1 aliphatic rings. The van der Waals surface area contributed by atoms with Gasteiger partial charge in [0, 0.05) is 12.1 Å². The second-order valence-electron chi connectivity index (χ2n) is 4.26. The van der Waals surface area contributed by atoms with Crippen LogP contribution in [-0.2, 0) is 4.84 Å². The zero-order chi connectivity index (χ0) is 8.48. The zero-order valence-corrected chi connectivity index (χ0v) is 7.55. The van der Waals surface area contributed by atoms with Crippen LogP contribution in [-0.4, -0.2) is 17.7 Å². The number of hydrogen-bond acceptors (Lipinski definition) is 3. The Labute approximate surface area is 68.2 Å². The molecule has 0 unspecified atom stereocenters. The van der Waals surface area contributed by atoms with Gasteiger partial charge in [-0.3, -0.25) is 4.84 Å². The zero-order valence-electron chi connectivity index (χ0n) is 7.55. The third-order valence-electron chi connectivity index (χ3n) is 1.71. The number of nitrogens with one attached hydrogen (secondary N) is 1. The molecule has 0 aromatic heterocycles. The van der Waals surface area contributed by atoms with Gasteiger partial charge in [0.2, 0.25) is 0 Å². The van der Waals surface area contributed by atoms with Gasteiger partial charge >= 0.3 is 0 Å². The molecule has 0 heterocycles. The first kappa shape index (κ1) is 8.97. The molecule has 66 valence electrons. The van der Waals surface area contributed by atoms with E-state index in [1.807, 2.05) is 20.8 Å². The molecule has 0 aromatic carbocycles. The summed E-state index contributed by atoms with van der Waals surface area (Å²) in [4.78, 5) is 5.38. The predicted molar refractivity (Wildman–Crippen MR) is 45.0 cm³/mol. The highest BCUT2D eigenvalue weighted by Gasteiger charge is 2.27. The largest absolute Gasteiger partial charge is 0.328 e. The Kier molecular flexibility index (Phi) is 2.52. The van der Waals surface area contributed by atoms with Gasteiger partial charge in [0.1, 0.15) is 0 Å². The van der Waals surface area contributed by atoms with E-state index in [1.165, 1.54) is 0 Å². The van der Waals surface area contributed by atoms with Gasteiger partial charge in [0.15, 0.2) is 0 Å². The molecular formula is C8H18N2O.